The number of rotatable bonds is 4. The van der Waals surface area contributed by atoms with Crippen LogP contribution in [0.2, 0.25) is 0 Å². The third-order valence-corrected chi connectivity index (χ3v) is 3.28. The molecular formula is C15H24N4O. The minimum atomic E-state index is -0.175. The standard InChI is InChI=1S/C15H24N4O/c1-15(2,3)19-13(20)8-9-16-14-11-6-4-5-7-12(11)17-10-18-14/h10H,4-9H2,1-3H3,(H,19,20)(H,16,17,18). The first-order chi connectivity index (χ1) is 9.46. The lowest BCUT2D eigenvalue weighted by Gasteiger charge is -2.21. The summed E-state index contributed by atoms with van der Waals surface area (Å²) in [7, 11) is 0. The van der Waals surface area contributed by atoms with Crippen LogP contribution in [0, 0.1) is 0 Å². The molecule has 110 valence electrons. The number of carbonyl (C=O) groups is 1. The highest BCUT2D eigenvalue weighted by Crippen LogP contribution is 2.24. The van der Waals surface area contributed by atoms with Crippen molar-refractivity contribution in [1.29, 1.82) is 0 Å². The lowest BCUT2D eigenvalue weighted by atomic mass is 9.96. The van der Waals surface area contributed by atoms with Gasteiger partial charge in [0.25, 0.3) is 0 Å². The van der Waals surface area contributed by atoms with E-state index in [1.807, 2.05) is 20.8 Å². The second-order valence-electron chi connectivity index (χ2n) is 6.33. The molecule has 0 saturated carbocycles. The summed E-state index contributed by atoms with van der Waals surface area (Å²) in [5, 5.41) is 6.23. The van der Waals surface area contributed by atoms with E-state index in [9.17, 15) is 4.79 Å². The topological polar surface area (TPSA) is 66.9 Å². The highest BCUT2D eigenvalue weighted by Gasteiger charge is 2.16. The first-order valence-electron chi connectivity index (χ1n) is 7.33. The molecule has 2 N–H and O–H groups in total. The lowest BCUT2D eigenvalue weighted by molar-refractivity contribution is -0.122. The van der Waals surface area contributed by atoms with Crippen LogP contribution >= 0.6 is 0 Å². The quantitative estimate of drug-likeness (QED) is 0.883. The molecule has 0 atom stereocenters. The number of amides is 1. The van der Waals surface area contributed by atoms with Crippen molar-refractivity contribution in [2.75, 3.05) is 11.9 Å². The summed E-state index contributed by atoms with van der Waals surface area (Å²) >= 11 is 0. The van der Waals surface area contributed by atoms with Crippen LogP contribution in [0.5, 0.6) is 0 Å². The van der Waals surface area contributed by atoms with Crippen LogP contribution in [0.4, 0.5) is 5.82 Å². The van der Waals surface area contributed by atoms with E-state index in [0.29, 0.717) is 13.0 Å². The Labute approximate surface area is 120 Å². The average molecular weight is 276 g/mol. The molecule has 0 spiro atoms. The van der Waals surface area contributed by atoms with Gasteiger partial charge in [0.05, 0.1) is 0 Å². The Hall–Kier alpha value is -1.65. The summed E-state index contributed by atoms with van der Waals surface area (Å²) < 4.78 is 0. The fourth-order valence-electron chi connectivity index (χ4n) is 2.45. The highest BCUT2D eigenvalue weighted by atomic mass is 16.1. The highest BCUT2D eigenvalue weighted by molar-refractivity contribution is 5.77. The van der Waals surface area contributed by atoms with Crippen LogP contribution < -0.4 is 10.6 Å². The number of aromatic nitrogens is 2. The summed E-state index contributed by atoms with van der Waals surface area (Å²) in [5.74, 6) is 0.964. The molecule has 0 unspecified atom stereocenters. The molecule has 1 amide bonds. The first kappa shape index (κ1) is 14.8. The minimum Gasteiger partial charge on any atom is -0.369 e. The Bertz CT molecular complexity index is 479. The number of fused-ring (bicyclic) bond motifs is 1. The first-order valence-corrected chi connectivity index (χ1v) is 7.33. The van der Waals surface area contributed by atoms with Gasteiger partial charge in [-0.25, -0.2) is 9.97 Å². The van der Waals surface area contributed by atoms with E-state index in [1.165, 1.54) is 18.4 Å². The monoisotopic (exact) mass is 276 g/mol. The average Bonchev–Trinajstić information content (AvgIpc) is 2.37. The van der Waals surface area contributed by atoms with Gasteiger partial charge in [0, 0.05) is 29.8 Å². The fourth-order valence-corrected chi connectivity index (χ4v) is 2.45. The zero-order chi connectivity index (χ0) is 14.6. The van der Waals surface area contributed by atoms with Gasteiger partial charge in [-0.15, -0.1) is 0 Å². The van der Waals surface area contributed by atoms with Crippen LogP contribution in [-0.2, 0) is 17.6 Å². The molecule has 0 aromatic carbocycles. The van der Waals surface area contributed by atoms with E-state index >= 15 is 0 Å². The van der Waals surface area contributed by atoms with Crippen LogP contribution in [0.3, 0.4) is 0 Å². The number of carbonyl (C=O) groups excluding carboxylic acids is 1. The Kier molecular flexibility index (Phi) is 4.57. The van der Waals surface area contributed by atoms with E-state index in [4.69, 9.17) is 0 Å². The number of nitrogens with one attached hydrogen (secondary N) is 2. The minimum absolute atomic E-state index is 0.0629. The van der Waals surface area contributed by atoms with Gasteiger partial charge >= 0.3 is 0 Å². The third-order valence-electron chi connectivity index (χ3n) is 3.28. The van der Waals surface area contributed by atoms with Crippen LogP contribution in [0.15, 0.2) is 6.33 Å². The van der Waals surface area contributed by atoms with E-state index in [2.05, 4.69) is 20.6 Å². The summed E-state index contributed by atoms with van der Waals surface area (Å²) in [5.41, 5.74) is 2.22. The normalized spacial score (nSPS) is 14.6. The molecule has 0 aliphatic heterocycles. The number of anilines is 1. The Morgan fingerprint density at radius 2 is 2.00 bits per heavy atom. The van der Waals surface area contributed by atoms with Gasteiger partial charge in [-0.05, 0) is 46.5 Å². The molecule has 5 heteroatoms. The van der Waals surface area contributed by atoms with Crippen LogP contribution in [0.25, 0.3) is 0 Å². The maximum Gasteiger partial charge on any atom is 0.222 e. The number of hydrogen-bond donors (Lipinski definition) is 2. The molecule has 2 rings (SSSR count). The van der Waals surface area contributed by atoms with Crippen molar-refractivity contribution in [3.05, 3.63) is 17.6 Å². The second-order valence-corrected chi connectivity index (χ2v) is 6.33. The van der Waals surface area contributed by atoms with Gasteiger partial charge in [0.2, 0.25) is 5.91 Å². The van der Waals surface area contributed by atoms with Gasteiger partial charge in [-0.3, -0.25) is 4.79 Å². The molecule has 1 aromatic heterocycles. The number of nitrogens with zero attached hydrogens (tertiary/aromatic N) is 2. The predicted molar refractivity (Wildman–Crippen MR) is 79.7 cm³/mol. The van der Waals surface area contributed by atoms with Crippen LogP contribution in [0.1, 0.15) is 51.3 Å². The van der Waals surface area contributed by atoms with Crippen LogP contribution in [-0.4, -0.2) is 28.0 Å². The second kappa shape index (κ2) is 6.20. The van der Waals surface area contributed by atoms with E-state index in [-0.39, 0.29) is 11.4 Å². The van der Waals surface area contributed by atoms with Gasteiger partial charge < -0.3 is 10.6 Å². The lowest BCUT2D eigenvalue weighted by Crippen LogP contribution is -2.41. The molecule has 1 aromatic rings. The van der Waals surface area contributed by atoms with Crippen molar-refractivity contribution in [2.24, 2.45) is 0 Å². The van der Waals surface area contributed by atoms with Gasteiger partial charge in [-0.1, -0.05) is 0 Å². The van der Waals surface area contributed by atoms with Crippen molar-refractivity contribution in [3.8, 4) is 0 Å². The van der Waals surface area contributed by atoms with Gasteiger partial charge in [0.1, 0.15) is 12.1 Å². The maximum atomic E-state index is 11.8. The molecule has 1 heterocycles. The van der Waals surface area contributed by atoms with Crippen molar-refractivity contribution in [2.45, 2.75) is 58.4 Å². The van der Waals surface area contributed by atoms with E-state index < -0.39 is 0 Å². The molecule has 1 aliphatic carbocycles. The molecule has 5 nitrogen and oxygen atoms in total. The zero-order valence-electron chi connectivity index (χ0n) is 12.6. The molecule has 0 radical (unpaired) electrons. The van der Waals surface area contributed by atoms with E-state index in [0.717, 1.165) is 24.4 Å². The Balaban J connectivity index is 1.87. The SMILES string of the molecule is CC(C)(C)NC(=O)CCNc1ncnc2c1CCCC2. The van der Waals surface area contributed by atoms with Crippen molar-refractivity contribution in [3.63, 3.8) is 0 Å². The van der Waals surface area contributed by atoms with Gasteiger partial charge in [-0.2, -0.15) is 0 Å². The maximum absolute atomic E-state index is 11.8. The third kappa shape index (κ3) is 4.18. The zero-order valence-corrected chi connectivity index (χ0v) is 12.6. The summed E-state index contributed by atoms with van der Waals surface area (Å²) in [6, 6.07) is 0. The fraction of sp³-hybridized carbons (Fsp3) is 0.667. The summed E-state index contributed by atoms with van der Waals surface area (Å²) in [4.78, 5) is 20.4. The largest absolute Gasteiger partial charge is 0.369 e. The molecular weight excluding hydrogens is 252 g/mol. The summed E-state index contributed by atoms with van der Waals surface area (Å²) in [6.07, 6.45) is 6.54. The number of aryl methyl sites for hydroxylation is 1. The molecule has 0 bridgehead atoms. The van der Waals surface area contributed by atoms with Crippen molar-refractivity contribution >= 4 is 11.7 Å². The number of hydrogen-bond acceptors (Lipinski definition) is 4. The predicted octanol–water partition coefficient (Wildman–Crippen LogP) is 2.07. The smallest absolute Gasteiger partial charge is 0.222 e. The summed E-state index contributed by atoms with van der Waals surface area (Å²) in [6.45, 7) is 6.56. The molecule has 1 aliphatic rings. The van der Waals surface area contributed by atoms with E-state index in [1.54, 1.807) is 6.33 Å². The Morgan fingerprint density at radius 1 is 1.25 bits per heavy atom. The molecule has 0 saturated heterocycles. The molecule has 0 fully saturated rings. The Morgan fingerprint density at radius 3 is 2.75 bits per heavy atom. The van der Waals surface area contributed by atoms with Crippen molar-refractivity contribution in [1.82, 2.24) is 15.3 Å². The molecule has 20 heavy (non-hydrogen) atoms. The van der Waals surface area contributed by atoms with Gasteiger partial charge in [0.15, 0.2) is 0 Å². The van der Waals surface area contributed by atoms with Crippen molar-refractivity contribution < 1.29 is 4.79 Å².